The molecule has 4 nitrogen and oxygen atoms in total. The molecule has 0 aromatic rings. The van der Waals surface area contributed by atoms with Crippen molar-refractivity contribution in [2.45, 2.75) is 110 Å². The summed E-state index contributed by atoms with van der Waals surface area (Å²) in [5.74, 6) is -1.44. The Bertz CT molecular complexity index is 366. The molecule has 0 aliphatic heterocycles. The maximum absolute atomic E-state index is 11.5. The number of hydrogen-bond acceptors (Lipinski definition) is 3. The van der Waals surface area contributed by atoms with Crippen molar-refractivity contribution in [3.8, 4) is 0 Å². The summed E-state index contributed by atoms with van der Waals surface area (Å²) in [6, 6.07) is -0.907. The highest BCUT2D eigenvalue weighted by Crippen LogP contribution is 2.10. The molecule has 0 heterocycles. The zero-order valence-electron chi connectivity index (χ0n) is 16.4. The first-order valence-electron chi connectivity index (χ1n) is 10.2. The minimum Gasteiger partial charge on any atom is -0.548 e. The highest BCUT2D eigenvalue weighted by molar-refractivity contribution is 5.82. The van der Waals surface area contributed by atoms with Gasteiger partial charge in [-0.15, -0.1) is 0 Å². The minimum atomic E-state index is -1.24. The van der Waals surface area contributed by atoms with E-state index in [0.29, 0.717) is 6.42 Å². The fraction of sp³-hybridized carbons (Fsp3) is 0.810. The number of carbonyl (C=O) groups is 2. The molecule has 0 aliphatic rings. The minimum absolute atomic E-state index is 0.200. The molecule has 1 amide bonds. The van der Waals surface area contributed by atoms with Gasteiger partial charge in [0.15, 0.2) is 0 Å². The van der Waals surface area contributed by atoms with E-state index in [-0.39, 0.29) is 5.91 Å². The molecular weight excluding hydrogens is 314 g/mol. The molecule has 0 fully saturated rings. The van der Waals surface area contributed by atoms with Gasteiger partial charge in [0.05, 0.1) is 12.0 Å². The number of unbranched alkanes of at least 4 members (excludes halogenated alkanes) is 11. The van der Waals surface area contributed by atoms with Gasteiger partial charge in [-0.3, -0.25) is 4.79 Å². The Balaban J connectivity index is 3.29. The number of carboxylic acids is 1. The smallest absolute Gasteiger partial charge is 0.220 e. The molecule has 0 aromatic heterocycles. The molecule has 0 bridgehead atoms. The van der Waals surface area contributed by atoms with Gasteiger partial charge in [-0.2, -0.15) is 0 Å². The lowest BCUT2D eigenvalue weighted by molar-refractivity contribution is -0.307. The van der Waals surface area contributed by atoms with E-state index in [1.807, 2.05) is 0 Å². The zero-order chi connectivity index (χ0) is 18.8. The Labute approximate surface area is 154 Å². The number of allylic oxidation sites excluding steroid dienone is 2. The van der Waals surface area contributed by atoms with Crippen LogP contribution in [0.4, 0.5) is 0 Å². The topological polar surface area (TPSA) is 69.2 Å². The van der Waals surface area contributed by atoms with Gasteiger partial charge in [-0.05, 0) is 39.0 Å². The summed E-state index contributed by atoms with van der Waals surface area (Å²) in [7, 11) is 0. The van der Waals surface area contributed by atoms with Crippen LogP contribution in [0, 0.1) is 0 Å². The van der Waals surface area contributed by atoms with E-state index in [4.69, 9.17) is 0 Å². The summed E-state index contributed by atoms with van der Waals surface area (Å²) in [4.78, 5) is 22.0. The Morgan fingerprint density at radius 3 is 1.84 bits per heavy atom. The van der Waals surface area contributed by atoms with Crippen LogP contribution >= 0.6 is 0 Å². The molecule has 0 saturated heterocycles. The SMILES string of the molecule is CCCCCCCC/C=C\CCCCCCCC(=O)N[C@@H](C)C(=O)[O-]. The van der Waals surface area contributed by atoms with Gasteiger partial charge in [0, 0.05) is 6.42 Å². The van der Waals surface area contributed by atoms with Gasteiger partial charge in [-0.25, -0.2) is 0 Å². The number of hydrogen-bond donors (Lipinski definition) is 1. The summed E-state index contributed by atoms with van der Waals surface area (Å²) in [5.41, 5.74) is 0. The molecular formula is C21H38NO3-. The second kappa shape index (κ2) is 17.5. The molecule has 25 heavy (non-hydrogen) atoms. The van der Waals surface area contributed by atoms with Crippen LogP contribution in [0.25, 0.3) is 0 Å². The largest absolute Gasteiger partial charge is 0.548 e. The third-order valence-corrected chi connectivity index (χ3v) is 4.40. The lowest BCUT2D eigenvalue weighted by atomic mass is 10.1. The third kappa shape index (κ3) is 17.3. The van der Waals surface area contributed by atoms with E-state index in [1.54, 1.807) is 0 Å². The van der Waals surface area contributed by atoms with Gasteiger partial charge < -0.3 is 15.2 Å². The van der Waals surface area contributed by atoms with Crippen LogP contribution in [-0.2, 0) is 9.59 Å². The maximum Gasteiger partial charge on any atom is 0.220 e. The number of aliphatic carboxylic acids is 1. The molecule has 146 valence electrons. The van der Waals surface area contributed by atoms with E-state index in [2.05, 4.69) is 24.4 Å². The van der Waals surface area contributed by atoms with Gasteiger partial charge in [0.2, 0.25) is 5.91 Å². The Hall–Kier alpha value is -1.32. The van der Waals surface area contributed by atoms with E-state index < -0.39 is 12.0 Å². The average Bonchev–Trinajstić information content (AvgIpc) is 2.58. The molecule has 0 aliphatic carbocycles. The molecule has 1 N–H and O–H groups in total. The molecule has 0 saturated carbocycles. The van der Waals surface area contributed by atoms with Crippen LogP contribution in [0.15, 0.2) is 12.2 Å². The number of amides is 1. The maximum atomic E-state index is 11.5. The Morgan fingerprint density at radius 1 is 0.840 bits per heavy atom. The number of carbonyl (C=O) groups excluding carboxylic acids is 2. The highest BCUT2D eigenvalue weighted by atomic mass is 16.4. The van der Waals surface area contributed by atoms with E-state index in [1.165, 1.54) is 64.7 Å². The fourth-order valence-corrected chi connectivity index (χ4v) is 2.73. The highest BCUT2D eigenvalue weighted by Gasteiger charge is 2.06. The van der Waals surface area contributed by atoms with Crippen LogP contribution in [0.2, 0.25) is 0 Å². The summed E-state index contributed by atoms with van der Waals surface area (Å²) >= 11 is 0. The fourth-order valence-electron chi connectivity index (χ4n) is 2.73. The molecule has 0 rings (SSSR count). The predicted molar refractivity (Wildman–Crippen MR) is 102 cm³/mol. The number of carboxylic acid groups (broad SMARTS) is 1. The van der Waals surface area contributed by atoms with E-state index in [0.717, 1.165) is 25.7 Å². The molecule has 0 radical (unpaired) electrons. The quantitative estimate of drug-likeness (QED) is 0.314. The number of rotatable bonds is 17. The normalized spacial score (nSPS) is 12.4. The first-order chi connectivity index (χ1) is 12.1. The van der Waals surface area contributed by atoms with E-state index >= 15 is 0 Å². The van der Waals surface area contributed by atoms with Crippen molar-refractivity contribution >= 4 is 11.9 Å². The Kier molecular flexibility index (Phi) is 16.6. The van der Waals surface area contributed by atoms with Crippen molar-refractivity contribution in [3.05, 3.63) is 12.2 Å². The lowest BCUT2D eigenvalue weighted by Crippen LogP contribution is -2.45. The summed E-state index contributed by atoms with van der Waals surface area (Å²) in [6.45, 7) is 3.67. The first-order valence-corrected chi connectivity index (χ1v) is 10.2. The van der Waals surface area contributed by atoms with Crippen molar-refractivity contribution in [3.63, 3.8) is 0 Å². The van der Waals surface area contributed by atoms with Gasteiger partial charge in [-0.1, -0.05) is 70.4 Å². The average molecular weight is 353 g/mol. The van der Waals surface area contributed by atoms with Gasteiger partial charge in [0.1, 0.15) is 0 Å². The van der Waals surface area contributed by atoms with E-state index in [9.17, 15) is 14.7 Å². The zero-order valence-corrected chi connectivity index (χ0v) is 16.4. The van der Waals surface area contributed by atoms with Gasteiger partial charge >= 0.3 is 0 Å². The molecule has 1 atom stereocenters. The van der Waals surface area contributed by atoms with Crippen molar-refractivity contribution in [1.29, 1.82) is 0 Å². The summed E-state index contributed by atoms with van der Waals surface area (Å²) in [6.07, 6.45) is 20.9. The lowest BCUT2D eigenvalue weighted by Gasteiger charge is -2.14. The van der Waals surface area contributed by atoms with Crippen molar-refractivity contribution in [1.82, 2.24) is 5.32 Å². The number of nitrogens with one attached hydrogen (secondary N) is 1. The molecule has 0 spiro atoms. The van der Waals surface area contributed by atoms with Gasteiger partial charge in [0.25, 0.3) is 0 Å². The van der Waals surface area contributed by atoms with Crippen LogP contribution in [-0.4, -0.2) is 17.9 Å². The van der Waals surface area contributed by atoms with Crippen LogP contribution in [0.1, 0.15) is 104 Å². The standard InChI is InChI=1S/C21H39NO3/c1-3-4-5-6-7-8-9-10-11-12-13-14-15-16-17-18-20(23)22-19(2)21(24)25/h10-11,19H,3-9,12-18H2,1-2H3,(H,22,23)(H,24,25)/p-1/b11-10-/t19-/m0/s1. The van der Waals surface area contributed by atoms with Crippen LogP contribution in [0.5, 0.6) is 0 Å². The molecule has 0 unspecified atom stereocenters. The van der Waals surface area contributed by atoms with Crippen molar-refractivity contribution < 1.29 is 14.7 Å². The van der Waals surface area contributed by atoms with Crippen molar-refractivity contribution in [2.75, 3.05) is 0 Å². The van der Waals surface area contributed by atoms with Crippen LogP contribution in [0.3, 0.4) is 0 Å². The monoisotopic (exact) mass is 352 g/mol. The second-order valence-corrected chi connectivity index (χ2v) is 6.94. The Morgan fingerprint density at radius 2 is 1.32 bits per heavy atom. The van der Waals surface area contributed by atoms with Crippen molar-refractivity contribution in [2.24, 2.45) is 0 Å². The van der Waals surface area contributed by atoms with Crippen LogP contribution < -0.4 is 10.4 Å². The second-order valence-electron chi connectivity index (χ2n) is 6.94. The summed E-state index contributed by atoms with van der Waals surface area (Å²) in [5, 5.41) is 12.9. The molecule has 4 heteroatoms. The predicted octanol–water partition coefficient (Wildman–Crippen LogP) is 4.28. The third-order valence-electron chi connectivity index (χ3n) is 4.40. The first kappa shape index (κ1) is 23.7. The molecule has 0 aromatic carbocycles. The summed E-state index contributed by atoms with van der Waals surface area (Å²) < 4.78 is 0.